The number of hydrogen-bond acceptors (Lipinski definition) is 5. The van der Waals surface area contributed by atoms with E-state index in [2.05, 4.69) is 26.4 Å². The van der Waals surface area contributed by atoms with Crippen LogP contribution in [0.25, 0.3) is 16.7 Å². The molecule has 0 bridgehead atoms. The third kappa shape index (κ3) is 5.94. The van der Waals surface area contributed by atoms with Gasteiger partial charge in [0, 0.05) is 21.2 Å². The minimum absolute atomic E-state index is 0.0423. The van der Waals surface area contributed by atoms with Gasteiger partial charge in [0.1, 0.15) is 0 Å². The molecule has 1 amide bonds. The molecule has 0 saturated heterocycles. The maximum absolute atomic E-state index is 15.2. The number of carbonyl (C=O) groups excluding carboxylic acids is 1. The quantitative estimate of drug-likeness (QED) is 0.110. The van der Waals surface area contributed by atoms with E-state index in [4.69, 9.17) is 16.1 Å². The van der Waals surface area contributed by atoms with E-state index in [1.165, 1.54) is 18.2 Å². The number of hydrogen-bond donors (Lipinski definition) is 4. The van der Waals surface area contributed by atoms with Crippen molar-refractivity contribution in [3.05, 3.63) is 88.2 Å². The molecule has 0 fully saturated rings. The zero-order valence-electron chi connectivity index (χ0n) is 18.5. The molecule has 0 aliphatic rings. The molecular weight excluding hydrogens is 539 g/mol. The Kier molecular flexibility index (Phi) is 8.05. The van der Waals surface area contributed by atoms with E-state index >= 15 is 4.39 Å². The summed E-state index contributed by atoms with van der Waals surface area (Å²) in [7, 11) is -3.95. The molecule has 8 nitrogen and oxygen atoms in total. The Labute approximate surface area is 210 Å². The summed E-state index contributed by atoms with van der Waals surface area (Å²) in [5.41, 5.74) is 7.75. The van der Waals surface area contributed by atoms with Crippen LogP contribution in [0.2, 0.25) is 0 Å². The average Bonchev–Trinajstić information content (AvgIpc) is 2.84. The van der Waals surface area contributed by atoms with Crippen molar-refractivity contribution in [1.29, 1.82) is 0 Å². The number of oxime groups is 1. The molecule has 35 heavy (non-hydrogen) atoms. The zero-order chi connectivity index (χ0) is 25.8. The molecule has 0 aromatic heterocycles. The molecule has 0 spiro atoms. The number of anilines is 1. The second-order valence-electron chi connectivity index (χ2n) is 7.40. The fourth-order valence-electron chi connectivity index (χ4n) is 3.46. The Morgan fingerprint density at radius 2 is 1.77 bits per heavy atom. The monoisotopic (exact) mass is 560 g/mol. The molecule has 0 aliphatic heterocycles. The van der Waals surface area contributed by atoms with Crippen LogP contribution < -0.4 is 16.2 Å². The first kappa shape index (κ1) is 26.1. The lowest BCUT2D eigenvalue weighted by Crippen LogP contribution is -2.15. The van der Waals surface area contributed by atoms with Crippen LogP contribution in [0, 0.1) is 0 Å². The molecule has 3 rings (SSSR count). The molecule has 0 atom stereocenters. The SMILES string of the molecule is CC/C(=C(\F)C(=O)Nc1ccc(-c2ccccc2S(N)(=O)=O)cc1Br)c1cccc(/C(N)=N\O)c1. The van der Waals surface area contributed by atoms with Crippen LogP contribution in [0.5, 0.6) is 0 Å². The standard InChI is InChI=1S/C24H22BrFN4O4S/c1-2-17(14-6-5-7-16(12-14)23(27)30-32)22(26)24(31)29-20-11-10-15(13-19(20)25)18-8-3-4-9-21(18)35(28,33)34/h3-13,32H,2H2,1H3,(H2,27,30)(H,29,31)(H2,28,33,34)/b22-17+. The van der Waals surface area contributed by atoms with Crippen LogP contribution >= 0.6 is 15.9 Å². The number of sulfonamides is 1. The number of amidine groups is 1. The first-order chi connectivity index (χ1) is 16.6. The van der Waals surface area contributed by atoms with Gasteiger partial charge in [-0.1, -0.05) is 54.5 Å². The number of nitrogens with two attached hydrogens (primary N) is 2. The van der Waals surface area contributed by atoms with Crippen molar-refractivity contribution in [1.82, 2.24) is 0 Å². The van der Waals surface area contributed by atoms with Crippen molar-refractivity contribution in [3.63, 3.8) is 0 Å². The van der Waals surface area contributed by atoms with E-state index in [-0.39, 0.29) is 28.4 Å². The molecule has 0 heterocycles. The highest BCUT2D eigenvalue weighted by Crippen LogP contribution is 2.33. The van der Waals surface area contributed by atoms with E-state index in [1.54, 1.807) is 55.5 Å². The lowest BCUT2D eigenvalue weighted by molar-refractivity contribution is -0.114. The van der Waals surface area contributed by atoms with Crippen LogP contribution in [0.15, 0.2) is 87.1 Å². The number of carbonyl (C=O) groups is 1. The van der Waals surface area contributed by atoms with E-state index in [0.29, 0.717) is 26.7 Å². The molecule has 6 N–H and O–H groups in total. The molecule has 0 unspecified atom stereocenters. The molecule has 11 heteroatoms. The van der Waals surface area contributed by atoms with Gasteiger partial charge in [-0.05, 0) is 57.7 Å². The van der Waals surface area contributed by atoms with Crippen LogP contribution in [0.1, 0.15) is 24.5 Å². The number of halogens is 2. The maximum Gasteiger partial charge on any atom is 0.284 e. The number of nitrogens with zero attached hydrogens (tertiary/aromatic N) is 1. The number of amides is 1. The fourth-order valence-corrected chi connectivity index (χ4v) is 4.70. The number of nitrogens with one attached hydrogen (secondary N) is 1. The highest BCUT2D eigenvalue weighted by Gasteiger charge is 2.19. The van der Waals surface area contributed by atoms with E-state index in [0.717, 1.165) is 0 Å². The summed E-state index contributed by atoms with van der Waals surface area (Å²) in [4.78, 5) is 12.7. The summed E-state index contributed by atoms with van der Waals surface area (Å²) in [6.45, 7) is 1.70. The lowest BCUT2D eigenvalue weighted by atomic mass is 9.99. The highest BCUT2D eigenvalue weighted by atomic mass is 79.9. The first-order valence-electron chi connectivity index (χ1n) is 10.3. The van der Waals surface area contributed by atoms with Gasteiger partial charge in [0.25, 0.3) is 5.91 Å². The highest BCUT2D eigenvalue weighted by molar-refractivity contribution is 9.10. The number of benzene rings is 3. The molecule has 0 radical (unpaired) electrons. The van der Waals surface area contributed by atoms with Gasteiger partial charge in [0.15, 0.2) is 11.7 Å². The van der Waals surface area contributed by atoms with Gasteiger partial charge >= 0.3 is 0 Å². The Bertz CT molecular complexity index is 1460. The second kappa shape index (κ2) is 10.8. The Morgan fingerprint density at radius 3 is 2.40 bits per heavy atom. The van der Waals surface area contributed by atoms with Gasteiger partial charge in [0.2, 0.25) is 10.0 Å². The Hall–Kier alpha value is -3.54. The van der Waals surface area contributed by atoms with Crippen molar-refractivity contribution in [2.75, 3.05) is 5.32 Å². The number of rotatable bonds is 7. The van der Waals surface area contributed by atoms with E-state index in [1.807, 2.05) is 0 Å². The van der Waals surface area contributed by atoms with Crippen LogP contribution in [0.3, 0.4) is 0 Å². The van der Waals surface area contributed by atoms with Crippen LogP contribution in [-0.4, -0.2) is 25.4 Å². The largest absolute Gasteiger partial charge is 0.409 e. The van der Waals surface area contributed by atoms with Crippen molar-refractivity contribution in [2.45, 2.75) is 18.2 Å². The first-order valence-corrected chi connectivity index (χ1v) is 12.6. The molecule has 3 aromatic carbocycles. The average molecular weight is 561 g/mol. The fraction of sp³-hybridized carbons (Fsp3) is 0.0833. The third-order valence-corrected chi connectivity index (χ3v) is 6.78. The third-order valence-electron chi connectivity index (χ3n) is 5.15. The van der Waals surface area contributed by atoms with Gasteiger partial charge in [-0.2, -0.15) is 0 Å². The molecule has 182 valence electrons. The predicted octanol–water partition coefficient (Wildman–Crippen LogP) is 4.59. The Morgan fingerprint density at radius 1 is 1.09 bits per heavy atom. The lowest BCUT2D eigenvalue weighted by Gasteiger charge is -2.13. The van der Waals surface area contributed by atoms with E-state index < -0.39 is 21.8 Å². The van der Waals surface area contributed by atoms with Gasteiger partial charge in [0.05, 0.1) is 10.6 Å². The summed E-state index contributed by atoms with van der Waals surface area (Å²) >= 11 is 3.34. The predicted molar refractivity (Wildman–Crippen MR) is 137 cm³/mol. The number of allylic oxidation sites excluding steroid dienone is 1. The maximum atomic E-state index is 15.2. The zero-order valence-corrected chi connectivity index (χ0v) is 20.9. The van der Waals surface area contributed by atoms with Gasteiger partial charge in [-0.15, -0.1) is 0 Å². The van der Waals surface area contributed by atoms with Crippen molar-refractivity contribution < 1.29 is 22.8 Å². The summed E-state index contributed by atoms with van der Waals surface area (Å²) in [6, 6.07) is 17.3. The normalized spacial score (nSPS) is 12.7. The minimum Gasteiger partial charge on any atom is -0.409 e. The van der Waals surface area contributed by atoms with Gasteiger partial charge in [-0.3, -0.25) is 4.79 Å². The summed E-state index contributed by atoms with van der Waals surface area (Å²) in [5, 5.41) is 19.7. The second-order valence-corrected chi connectivity index (χ2v) is 9.79. The Balaban J connectivity index is 1.92. The summed E-state index contributed by atoms with van der Waals surface area (Å²) < 4.78 is 39.4. The number of primary sulfonamides is 1. The minimum atomic E-state index is -3.95. The van der Waals surface area contributed by atoms with Crippen molar-refractivity contribution in [2.24, 2.45) is 16.0 Å². The molecule has 0 aliphatic carbocycles. The molecular formula is C24H22BrFN4O4S. The summed E-state index contributed by atoms with van der Waals surface area (Å²) in [6.07, 6.45) is 0.212. The van der Waals surface area contributed by atoms with Crippen LogP contribution in [0.4, 0.5) is 10.1 Å². The molecule has 0 saturated carbocycles. The van der Waals surface area contributed by atoms with Gasteiger partial charge < -0.3 is 16.3 Å². The van der Waals surface area contributed by atoms with Crippen LogP contribution in [-0.2, 0) is 14.8 Å². The topological polar surface area (TPSA) is 148 Å². The van der Waals surface area contributed by atoms with Gasteiger partial charge in [-0.25, -0.2) is 17.9 Å². The molecule has 3 aromatic rings. The summed E-state index contributed by atoms with van der Waals surface area (Å²) in [5.74, 6) is -2.09. The van der Waals surface area contributed by atoms with Crippen molar-refractivity contribution >= 4 is 49.0 Å². The smallest absolute Gasteiger partial charge is 0.284 e. The van der Waals surface area contributed by atoms with E-state index in [9.17, 15) is 13.2 Å². The van der Waals surface area contributed by atoms with Crippen molar-refractivity contribution in [3.8, 4) is 11.1 Å².